The van der Waals surface area contributed by atoms with Crippen LogP contribution in [0, 0.1) is 23.2 Å². The van der Waals surface area contributed by atoms with Crippen LogP contribution in [0.15, 0.2) is 91.0 Å². The first kappa shape index (κ1) is 26.8. The Morgan fingerprint density at radius 2 is 1.13 bits per heavy atom. The van der Waals surface area contributed by atoms with Gasteiger partial charge in [-0.1, -0.05) is 61.5 Å². The Hall–Kier alpha value is -4.26. The molecule has 196 valence electrons. The molecule has 0 amide bonds. The van der Waals surface area contributed by atoms with E-state index in [0.29, 0.717) is 28.8 Å². The van der Waals surface area contributed by atoms with Crippen molar-refractivity contribution < 1.29 is 28.6 Å². The van der Waals surface area contributed by atoms with Gasteiger partial charge in [-0.2, -0.15) is 0 Å². The molecule has 3 aromatic rings. The van der Waals surface area contributed by atoms with Gasteiger partial charge in [0.05, 0.1) is 23.3 Å². The van der Waals surface area contributed by atoms with Crippen molar-refractivity contribution in [3.8, 4) is 0 Å². The second-order valence-corrected chi connectivity index (χ2v) is 9.58. The molecule has 5 atom stereocenters. The van der Waals surface area contributed by atoms with Gasteiger partial charge in [0.25, 0.3) is 0 Å². The highest BCUT2D eigenvalue weighted by atomic mass is 16.6. The molecule has 7 nitrogen and oxygen atoms in total. The van der Waals surface area contributed by atoms with E-state index in [1.165, 1.54) is 0 Å². The minimum absolute atomic E-state index is 0.0592. The quantitative estimate of drug-likeness (QED) is 0.239. The SMILES string of the molecule is CC(=N)[C@H]1C[C@H](COC(=O)c2ccccc2)[C@@H](OC(=O)c2ccccc2)[C@H](OC(=O)c2ccccc2)[C@H]1C. The van der Waals surface area contributed by atoms with Gasteiger partial charge >= 0.3 is 17.9 Å². The third-order valence-corrected chi connectivity index (χ3v) is 7.00. The van der Waals surface area contributed by atoms with E-state index in [-0.39, 0.29) is 18.4 Å². The molecule has 0 bridgehead atoms. The third kappa shape index (κ3) is 6.35. The molecule has 0 radical (unpaired) electrons. The van der Waals surface area contributed by atoms with E-state index >= 15 is 0 Å². The highest BCUT2D eigenvalue weighted by Gasteiger charge is 2.48. The van der Waals surface area contributed by atoms with E-state index in [0.717, 1.165) is 0 Å². The summed E-state index contributed by atoms with van der Waals surface area (Å²) in [7, 11) is 0. The Balaban J connectivity index is 1.63. The maximum Gasteiger partial charge on any atom is 0.338 e. The summed E-state index contributed by atoms with van der Waals surface area (Å²) >= 11 is 0. The molecule has 3 aromatic carbocycles. The van der Waals surface area contributed by atoms with Gasteiger partial charge in [0.1, 0.15) is 12.2 Å². The van der Waals surface area contributed by atoms with Crippen LogP contribution >= 0.6 is 0 Å². The fourth-order valence-corrected chi connectivity index (χ4v) is 4.92. The fraction of sp³-hybridized carbons (Fsp3) is 0.290. The molecule has 1 saturated carbocycles. The fourth-order valence-electron chi connectivity index (χ4n) is 4.92. The number of rotatable bonds is 8. The Bertz CT molecular complexity index is 1260. The summed E-state index contributed by atoms with van der Waals surface area (Å²) in [5.74, 6) is -2.67. The molecule has 7 heteroatoms. The monoisotopic (exact) mass is 513 g/mol. The number of nitrogens with one attached hydrogen (secondary N) is 1. The van der Waals surface area contributed by atoms with Crippen LogP contribution < -0.4 is 0 Å². The zero-order valence-electron chi connectivity index (χ0n) is 21.4. The van der Waals surface area contributed by atoms with Crippen molar-refractivity contribution in [3.05, 3.63) is 108 Å². The van der Waals surface area contributed by atoms with Gasteiger partial charge in [0, 0.05) is 23.5 Å². The average Bonchev–Trinajstić information content (AvgIpc) is 2.95. The minimum Gasteiger partial charge on any atom is -0.462 e. The smallest absolute Gasteiger partial charge is 0.338 e. The van der Waals surface area contributed by atoms with Crippen LogP contribution in [0.4, 0.5) is 0 Å². The number of benzene rings is 3. The molecular weight excluding hydrogens is 482 g/mol. The maximum absolute atomic E-state index is 13.1. The Labute approximate surface area is 222 Å². The molecule has 4 rings (SSSR count). The predicted molar refractivity (Wildman–Crippen MR) is 142 cm³/mol. The second kappa shape index (κ2) is 12.3. The largest absolute Gasteiger partial charge is 0.462 e. The summed E-state index contributed by atoms with van der Waals surface area (Å²) < 4.78 is 17.6. The van der Waals surface area contributed by atoms with E-state index in [2.05, 4.69) is 0 Å². The number of carbonyl (C=O) groups excluding carboxylic acids is 3. The topological polar surface area (TPSA) is 103 Å². The molecule has 0 aliphatic heterocycles. The summed E-state index contributed by atoms with van der Waals surface area (Å²) in [5.41, 5.74) is 1.55. The zero-order valence-corrected chi connectivity index (χ0v) is 21.4. The van der Waals surface area contributed by atoms with E-state index in [9.17, 15) is 14.4 Å². The lowest BCUT2D eigenvalue weighted by atomic mass is 9.69. The number of hydrogen-bond donors (Lipinski definition) is 1. The predicted octanol–water partition coefficient (Wildman–Crippen LogP) is 5.61. The first-order valence-corrected chi connectivity index (χ1v) is 12.6. The van der Waals surface area contributed by atoms with Crippen LogP contribution in [0.2, 0.25) is 0 Å². The van der Waals surface area contributed by atoms with Crippen molar-refractivity contribution in [1.82, 2.24) is 0 Å². The number of hydrogen-bond acceptors (Lipinski definition) is 7. The first-order chi connectivity index (χ1) is 18.3. The molecule has 0 spiro atoms. The van der Waals surface area contributed by atoms with Crippen LogP contribution in [-0.2, 0) is 14.2 Å². The second-order valence-electron chi connectivity index (χ2n) is 9.58. The Morgan fingerprint density at radius 3 is 1.58 bits per heavy atom. The Morgan fingerprint density at radius 1 is 0.711 bits per heavy atom. The van der Waals surface area contributed by atoms with Crippen molar-refractivity contribution >= 4 is 23.6 Å². The minimum atomic E-state index is -0.885. The summed E-state index contributed by atoms with van der Waals surface area (Å²) in [6, 6.07) is 25.8. The molecule has 0 aromatic heterocycles. The van der Waals surface area contributed by atoms with Crippen molar-refractivity contribution in [2.45, 2.75) is 32.5 Å². The van der Waals surface area contributed by atoms with Crippen molar-refractivity contribution in [1.29, 1.82) is 5.41 Å². The van der Waals surface area contributed by atoms with Crippen molar-refractivity contribution in [3.63, 3.8) is 0 Å². The lowest BCUT2D eigenvalue weighted by Gasteiger charge is -2.44. The van der Waals surface area contributed by atoms with Crippen LogP contribution in [0.3, 0.4) is 0 Å². The van der Waals surface area contributed by atoms with Crippen LogP contribution in [-0.4, -0.2) is 42.4 Å². The van der Waals surface area contributed by atoms with Gasteiger partial charge in [-0.15, -0.1) is 0 Å². The lowest BCUT2D eigenvalue weighted by Crippen LogP contribution is -2.53. The highest BCUT2D eigenvalue weighted by molar-refractivity contribution is 5.91. The van der Waals surface area contributed by atoms with Crippen LogP contribution in [0.5, 0.6) is 0 Å². The van der Waals surface area contributed by atoms with Gasteiger partial charge in [-0.25, -0.2) is 14.4 Å². The summed E-state index contributed by atoms with van der Waals surface area (Å²) in [5, 5.41) is 8.38. The zero-order chi connectivity index (χ0) is 27.1. The molecular formula is C31H31NO6. The summed E-state index contributed by atoms with van der Waals surface area (Å²) in [6.45, 7) is 3.54. The normalized spacial score (nSPS) is 22.6. The van der Waals surface area contributed by atoms with E-state index in [1.54, 1.807) is 91.9 Å². The average molecular weight is 514 g/mol. The van der Waals surface area contributed by atoms with Crippen LogP contribution in [0.1, 0.15) is 51.3 Å². The first-order valence-electron chi connectivity index (χ1n) is 12.6. The third-order valence-electron chi connectivity index (χ3n) is 7.00. The van der Waals surface area contributed by atoms with Gasteiger partial charge in [0.15, 0.2) is 0 Å². The molecule has 1 aliphatic carbocycles. The summed E-state index contributed by atoms with van der Waals surface area (Å²) in [6.07, 6.45) is -1.30. The maximum atomic E-state index is 13.1. The molecule has 0 heterocycles. The highest BCUT2D eigenvalue weighted by Crippen LogP contribution is 2.39. The Kier molecular flexibility index (Phi) is 8.69. The molecule has 1 N–H and O–H groups in total. The van der Waals surface area contributed by atoms with Crippen LogP contribution in [0.25, 0.3) is 0 Å². The number of carbonyl (C=O) groups is 3. The van der Waals surface area contributed by atoms with E-state index in [1.807, 2.05) is 13.0 Å². The van der Waals surface area contributed by atoms with Crippen molar-refractivity contribution in [2.24, 2.45) is 17.8 Å². The summed E-state index contributed by atoms with van der Waals surface area (Å²) in [4.78, 5) is 38.9. The number of ether oxygens (including phenoxy) is 3. The molecule has 38 heavy (non-hydrogen) atoms. The van der Waals surface area contributed by atoms with Gasteiger partial charge in [-0.05, 0) is 49.7 Å². The molecule has 0 unspecified atom stereocenters. The van der Waals surface area contributed by atoms with Crippen molar-refractivity contribution in [2.75, 3.05) is 6.61 Å². The van der Waals surface area contributed by atoms with E-state index < -0.39 is 36.0 Å². The van der Waals surface area contributed by atoms with Gasteiger partial charge in [-0.3, -0.25) is 0 Å². The standard InChI is InChI=1S/C31H31NO6/c1-20-26(21(2)32)18-25(19-36-29(33)22-12-6-3-7-13-22)28(38-31(35)24-16-10-5-11-17-24)27(20)37-30(34)23-14-8-4-9-15-23/h3-17,20,25-28,32H,18-19H2,1-2H3/t20-,25+,26-,27+,28+/m0/s1. The molecule has 1 fully saturated rings. The molecule has 1 aliphatic rings. The lowest BCUT2D eigenvalue weighted by molar-refractivity contribution is -0.111. The number of esters is 3. The van der Waals surface area contributed by atoms with Gasteiger partial charge in [0.2, 0.25) is 0 Å². The van der Waals surface area contributed by atoms with E-state index in [4.69, 9.17) is 19.6 Å². The van der Waals surface area contributed by atoms with Gasteiger partial charge < -0.3 is 19.6 Å². The molecule has 0 saturated heterocycles.